The van der Waals surface area contributed by atoms with Crippen molar-refractivity contribution in [3.8, 4) is 0 Å². The average Bonchev–Trinajstić information content (AvgIpc) is 3.28. The Morgan fingerprint density at radius 1 is 1.08 bits per heavy atom. The van der Waals surface area contributed by atoms with Crippen molar-refractivity contribution in [1.29, 1.82) is 0 Å². The lowest BCUT2D eigenvalue weighted by Crippen LogP contribution is -2.38. The molecule has 0 spiro atoms. The molecule has 1 aliphatic heterocycles. The minimum Gasteiger partial charge on any atom is -0.346 e. The number of imide groups is 1. The van der Waals surface area contributed by atoms with Gasteiger partial charge in [0.05, 0.1) is 23.4 Å². The van der Waals surface area contributed by atoms with Gasteiger partial charge in [-0.25, -0.2) is 0 Å². The molecule has 6 heteroatoms. The SMILES string of the molecule is O=C(NCc1ccccn1)c1ccc2c(c1)C(=O)N(C1CCCC1)C2=O. The molecule has 4 rings (SSSR count). The van der Waals surface area contributed by atoms with E-state index in [0.29, 0.717) is 23.2 Å². The third-order valence-electron chi connectivity index (χ3n) is 5.03. The molecule has 0 atom stereocenters. The molecule has 1 aromatic carbocycles. The van der Waals surface area contributed by atoms with Gasteiger partial charge < -0.3 is 5.32 Å². The normalized spacial score (nSPS) is 16.8. The Labute approximate surface area is 151 Å². The number of amides is 3. The molecule has 2 heterocycles. The maximum absolute atomic E-state index is 12.7. The highest BCUT2D eigenvalue weighted by molar-refractivity contribution is 6.22. The van der Waals surface area contributed by atoms with Gasteiger partial charge in [-0.15, -0.1) is 0 Å². The van der Waals surface area contributed by atoms with Gasteiger partial charge in [-0.05, 0) is 43.2 Å². The summed E-state index contributed by atoms with van der Waals surface area (Å²) in [6.07, 6.45) is 5.48. The van der Waals surface area contributed by atoms with E-state index in [1.54, 1.807) is 18.3 Å². The monoisotopic (exact) mass is 349 g/mol. The molecule has 2 aliphatic rings. The lowest BCUT2D eigenvalue weighted by molar-refractivity contribution is 0.0587. The number of nitrogens with one attached hydrogen (secondary N) is 1. The van der Waals surface area contributed by atoms with Crippen LogP contribution in [0.4, 0.5) is 0 Å². The topological polar surface area (TPSA) is 79.4 Å². The Kier molecular flexibility index (Phi) is 4.24. The van der Waals surface area contributed by atoms with Crippen LogP contribution in [0, 0.1) is 0 Å². The van der Waals surface area contributed by atoms with Crippen LogP contribution in [0.1, 0.15) is 62.5 Å². The third-order valence-corrected chi connectivity index (χ3v) is 5.03. The summed E-state index contributed by atoms with van der Waals surface area (Å²) in [5.74, 6) is -0.813. The number of carbonyl (C=O) groups is 3. The summed E-state index contributed by atoms with van der Waals surface area (Å²) in [4.78, 5) is 43.2. The van der Waals surface area contributed by atoms with Gasteiger partial charge in [0.2, 0.25) is 0 Å². The van der Waals surface area contributed by atoms with Crippen LogP contribution in [-0.4, -0.2) is 33.6 Å². The third kappa shape index (κ3) is 2.87. The molecule has 1 N–H and O–H groups in total. The fourth-order valence-corrected chi connectivity index (χ4v) is 3.67. The maximum atomic E-state index is 12.7. The number of aromatic nitrogens is 1. The van der Waals surface area contributed by atoms with Gasteiger partial charge in [0.15, 0.2) is 0 Å². The number of hydrogen-bond donors (Lipinski definition) is 1. The quantitative estimate of drug-likeness (QED) is 0.861. The van der Waals surface area contributed by atoms with E-state index in [2.05, 4.69) is 10.3 Å². The minimum absolute atomic E-state index is 0.0103. The van der Waals surface area contributed by atoms with E-state index in [0.717, 1.165) is 31.4 Å². The number of pyridine rings is 1. The van der Waals surface area contributed by atoms with Gasteiger partial charge in [0.25, 0.3) is 17.7 Å². The van der Waals surface area contributed by atoms with Gasteiger partial charge in [-0.2, -0.15) is 0 Å². The van der Waals surface area contributed by atoms with Crippen molar-refractivity contribution in [3.63, 3.8) is 0 Å². The number of fused-ring (bicyclic) bond motifs is 1. The predicted octanol–water partition coefficient (Wildman–Crippen LogP) is 2.55. The van der Waals surface area contributed by atoms with Crippen LogP contribution in [0.3, 0.4) is 0 Å². The van der Waals surface area contributed by atoms with Crippen molar-refractivity contribution in [2.75, 3.05) is 0 Å². The van der Waals surface area contributed by atoms with E-state index in [1.165, 1.54) is 11.0 Å². The molecule has 0 saturated heterocycles. The zero-order valence-corrected chi connectivity index (χ0v) is 14.3. The van der Waals surface area contributed by atoms with Crippen LogP contribution in [0.5, 0.6) is 0 Å². The summed E-state index contributed by atoms with van der Waals surface area (Å²) in [7, 11) is 0. The molecule has 1 aliphatic carbocycles. The van der Waals surface area contributed by atoms with Crippen molar-refractivity contribution in [3.05, 3.63) is 65.0 Å². The fraction of sp³-hybridized carbons (Fsp3) is 0.300. The first-order valence-electron chi connectivity index (χ1n) is 8.85. The van der Waals surface area contributed by atoms with Gasteiger partial charge in [-0.1, -0.05) is 18.9 Å². The highest BCUT2D eigenvalue weighted by atomic mass is 16.2. The van der Waals surface area contributed by atoms with Gasteiger partial charge in [-0.3, -0.25) is 24.3 Å². The minimum atomic E-state index is -0.294. The number of benzene rings is 1. The number of nitrogens with zero attached hydrogens (tertiary/aromatic N) is 2. The summed E-state index contributed by atoms with van der Waals surface area (Å²) < 4.78 is 0. The van der Waals surface area contributed by atoms with Crippen LogP contribution >= 0.6 is 0 Å². The standard InChI is InChI=1S/C20H19N3O3/c24-18(22-12-14-5-3-4-10-21-14)13-8-9-16-17(11-13)20(26)23(19(16)25)15-6-1-2-7-15/h3-5,8-11,15H,1-2,6-7,12H2,(H,22,24). The zero-order valence-electron chi connectivity index (χ0n) is 14.3. The Hall–Kier alpha value is -3.02. The van der Waals surface area contributed by atoms with Gasteiger partial charge >= 0.3 is 0 Å². The van der Waals surface area contributed by atoms with E-state index in [-0.39, 0.29) is 23.8 Å². The first kappa shape index (κ1) is 16.4. The lowest BCUT2D eigenvalue weighted by Gasteiger charge is -2.21. The second-order valence-electron chi connectivity index (χ2n) is 6.68. The summed E-state index contributed by atoms with van der Waals surface area (Å²) in [5, 5.41) is 2.79. The van der Waals surface area contributed by atoms with Crippen molar-refractivity contribution in [2.45, 2.75) is 38.3 Å². The predicted molar refractivity (Wildman–Crippen MR) is 94.6 cm³/mol. The number of hydrogen-bond acceptors (Lipinski definition) is 4. The van der Waals surface area contributed by atoms with Crippen LogP contribution in [0.15, 0.2) is 42.6 Å². The van der Waals surface area contributed by atoms with E-state index in [9.17, 15) is 14.4 Å². The Morgan fingerprint density at radius 2 is 1.85 bits per heavy atom. The smallest absolute Gasteiger partial charge is 0.261 e. The molecule has 26 heavy (non-hydrogen) atoms. The fourth-order valence-electron chi connectivity index (χ4n) is 3.67. The first-order chi connectivity index (χ1) is 12.6. The summed E-state index contributed by atoms with van der Waals surface area (Å²) >= 11 is 0. The summed E-state index contributed by atoms with van der Waals surface area (Å²) in [6.45, 7) is 0.303. The van der Waals surface area contributed by atoms with Gasteiger partial charge in [0.1, 0.15) is 0 Å². The Bertz CT molecular complexity index is 873. The van der Waals surface area contributed by atoms with Crippen LogP contribution in [0.25, 0.3) is 0 Å². The Balaban J connectivity index is 1.52. The molecule has 6 nitrogen and oxygen atoms in total. The molecular formula is C20H19N3O3. The zero-order chi connectivity index (χ0) is 18.1. The van der Waals surface area contributed by atoms with E-state index < -0.39 is 0 Å². The number of carbonyl (C=O) groups excluding carboxylic acids is 3. The molecule has 1 aromatic heterocycles. The summed E-state index contributed by atoms with van der Waals surface area (Å²) in [6, 6.07) is 10.2. The summed E-state index contributed by atoms with van der Waals surface area (Å²) in [5.41, 5.74) is 1.84. The molecule has 1 fully saturated rings. The van der Waals surface area contributed by atoms with Crippen molar-refractivity contribution in [2.24, 2.45) is 0 Å². The van der Waals surface area contributed by atoms with Crippen molar-refractivity contribution >= 4 is 17.7 Å². The lowest BCUT2D eigenvalue weighted by atomic mass is 10.1. The molecular weight excluding hydrogens is 330 g/mol. The van der Waals surface area contributed by atoms with Crippen molar-refractivity contribution < 1.29 is 14.4 Å². The Morgan fingerprint density at radius 3 is 2.58 bits per heavy atom. The highest BCUT2D eigenvalue weighted by Crippen LogP contribution is 2.32. The number of rotatable bonds is 4. The molecule has 3 amide bonds. The second kappa shape index (κ2) is 6.71. The maximum Gasteiger partial charge on any atom is 0.261 e. The van der Waals surface area contributed by atoms with E-state index in [1.807, 2.05) is 18.2 Å². The molecule has 132 valence electrons. The second-order valence-corrected chi connectivity index (χ2v) is 6.68. The van der Waals surface area contributed by atoms with Crippen molar-refractivity contribution in [1.82, 2.24) is 15.2 Å². The van der Waals surface area contributed by atoms with Crippen LogP contribution < -0.4 is 5.32 Å². The van der Waals surface area contributed by atoms with E-state index in [4.69, 9.17) is 0 Å². The average molecular weight is 349 g/mol. The highest BCUT2D eigenvalue weighted by Gasteiger charge is 2.41. The van der Waals surface area contributed by atoms with Gasteiger partial charge in [0, 0.05) is 17.8 Å². The molecule has 0 unspecified atom stereocenters. The first-order valence-corrected chi connectivity index (χ1v) is 8.85. The molecule has 1 saturated carbocycles. The van der Waals surface area contributed by atoms with E-state index >= 15 is 0 Å². The molecule has 0 radical (unpaired) electrons. The molecule has 0 bridgehead atoms. The largest absolute Gasteiger partial charge is 0.346 e. The molecule has 2 aromatic rings. The van der Waals surface area contributed by atoms with Crippen LogP contribution in [-0.2, 0) is 6.54 Å². The van der Waals surface area contributed by atoms with Crippen LogP contribution in [0.2, 0.25) is 0 Å².